The summed E-state index contributed by atoms with van der Waals surface area (Å²) in [6.07, 6.45) is 1.96. The maximum Gasteiger partial charge on any atom is 0.256 e. The van der Waals surface area contributed by atoms with E-state index in [-0.39, 0.29) is 0 Å². The van der Waals surface area contributed by atoms with Crippen LogP contribution in [0.5, 0.6) is 0 Å². The Hall–Kier alpha value is -1.22. The van der Waals surface area contributed by atoms with Crippen LogP contribution < -0.4 is 0 Å². The van der Waals surface area contributed by atoms with E-state index in [4.69, 9.17) is 4.42 Å². The number of nitrogens with zero attached hydrogens (tertiary/aromatic N) is 1. The van der Waals surface area contributed by atoms with Crippen molar-refractivity contribution in [3.8, 4) is 11.3 Å². The van der Waals surface area contributed by atoms with E-state index < -0.39 is 0 Å². The third kappa shape index (κ3) is 1.68. The van der Waals surface area contributed by atoms with Crippen LogP contribution in [-0.4, -0.2) is 11.2 Å². The number of rotatable bonds is 2. The number of aryl methyl sites for hydroxylation is 1. The maximum absolute atomic E-state index is 5.47. The third-order valence-electron chi connectivity index (χ3n) is 2.00. The summed E-state index contributed by atoms with van der Waals surface area (Å²) in [4.78, 5) is 4.39. The van der Waals surface area contributed by atoms with Gasteiger partial charge in [0.1, 0.15) is 11.5 Å². The lowest BCUT2D eigenvalue weighted by Gasteiger charge is -1.94. The topological polar surface area (TPSA) is 26.0 Å². The van der Waals surface area contributed by atoms with E-state index in [1.165, 1.54) is 11.8 Å². The first-order valence-corrected chi connectivity index (χ1v) is 5.60. The zero-order valence-electron chi connectivity index (χ0n) is 8.15. The zero-order valence-corrected chi connectivity index (χ0v) is 8.97. The minimum absolute atomic E-state index is 0.723. The van der Waals surface area contributed by atoms with Crippen molar-refractivity contribution >= 4 is 11.8 Å². The first kappa shape index (κ1) is 9.34. The van der Waals surface area contributed by atoms with Crippen LogP contribution in [0.2, 0.25) is 0 Å². The van der Waals surface area contributed by atoms with Crippen LogP contribution in [0.4, 0.5) is 0 Å². The van der Waals surface area contributed by atoms with Gasteiger partial charge in [-0.2, -0.15) is 0 Å². The van der Waals surface area contributed by atoms with Gasteiger partial charge in [0.05, 0.1) is 0 Å². The Morgan fingerprint density at radius 1 is 1.21 bits per heavy atom. The Balaban J connectivity index is 2.46. The van der Waals surface area contributed by atoms with Crippen molar-refractivity contribution < 1.29 is 4.42 Å². The molecule has 1 heterocycles. The van der Waals surface area contributed by atoms with Gasteiger partial charge in [0, 0.05) is 5.56 Å². The van der Waals surface area contributed by atoms with Crippen LogP contribution in [-0.2, 0) is 0 Å². The lowest BCUT2D eigenvalue weighted by molar-refractivity contribution is 0.432. The fourth-order valence-electron chi connectivity index (χ4n) is 1.32. The molecule has 1 aromatic carbocycles. The summed E-state index contributed by atoms with van der Waals surface area (Å²) in [7, 11) is 0. The van der Waals surface area contributed by atoms with Crippen molar-refractivity contribution in [1.29, 1.82) is 0 Å². The van der Waals surface area contributed by atoms with E-state index in [0.29, 0.717) is 0 Å². The van der Waals surface area contributed by atoms with E-state index in [2.05, 4.69) is 4.98 Å². The molecular formula is C11H11NOS. The van der Waals surface area contributed by atoms with Gasteiger partial charge in [0.2, 0.25) is 0 Å². The van der Waals surface area contributed by atoms with Crippen LogP contribution in [0.1, 0.15) is 5.76 Å². The molecule has 2 aromatic rings. The van der Waals surface area contributed by atoms with Crippen LogP contribution >= 0.6 is 11.8 Å². The van der Waals surface area contributed by atoms with E-state index in [9.17, 15) is 0 Å². The van der Waals surface area contributed by atoms with Crippen LogP contribution in [0, 0.1) is 6.92 Å². The minimum Gasteiger partial charge on any atom is -0.436 e. The largest absolute Gasteiger partial charge is 0.436 e. The number of aromatic nitrogens is 1. The predicted octanol–water partition coefficient (Wildman–Crippen LogP) is 3.37. The molecule has 2 rings (SSSR count). The SMILES string of the molecule is CSc1nc(-c2ccccc2)c(C)o1. The number of hydrogen-bond donors (Lipinski definition) is 0. The number of hydrogen-bond acceptors (Lipinski definition) is 3. The quantitative estimate of drug-likeness (QED) is 0.703. The van der Waals surface area contributed by atoms with E-state index in [1.54, 1.807) is 0 Å². The molecule has 0 saturated carbocycles. The van der Waals surface area contributed by atoms with Gasteiger partial charge in [-0.1, -0.05) is 42.1 Å². The van der Waals surface area contributed by atoms with Gasteiger partial charge in [-0.05, 0) is 13.2 Å². The van der Waals surface area contributed by atoms with Gasteiger partial charge in [-0.25, -0.2) is 4.98 Å². The summed E-state index contributed by atoms with van der Waals surface area (Å²) in [5.74, 6) is 0.876. The summed E-state index contributed by atoms with van der Waals surface area (Å²) in [6, 6.07) is 10.1. The second-order valence-corrected chi connectivity index (χ2v) is 3.71. The summed E-state index contributed by atoms with van der Waals surface area (Å²) >= 11 is 1.52. The fourth-order valence-corrected chi connectivity index (χ4v) is 1.71. The minimum atomic E-state index is 0.723. The van der Waals surface area contributed by atoms with Crippen molar-refractivity contribution in [3.63, 3.8) is 0 Å². The van der Waals surface area contributed by atoms with E-state index >= 15 is 0 Å². The smallest absolute Gasteiger partial charge is 0.256 e. The lowest BCUT2D eigenvalue weighted by Crippen LogP contribution is -1.79. The number of benzene rings is 1. The van der Waals surface area contributed by atoms with Crippen molar-refractivity contribution in [3.05, 3.63) is 36.1 Å². The average Bonchev–Trinajstić information content (AvgIpc) is 2.61. The molecule has 14 heavy (non-hydrogen) atoms. The van der Waals surface area contributed by atoms with Gasteiger partial charge in [-0.3, -0.25) is 0 Å². The standard InChI is InChI=1S/C11H11NOS/c1-8-10(12-11(13-8)14-2)9-6-4-3-5-7-9/h3-7H,1-2H3. The van der Waals surface area contributed by atoms with Gasteiger partial charge < -0.3 is 4.42 Å². The summed E-state index contributed by atoms with van der Waals surface area (Å²) in [5.41, 5.74) is 2.05. The molecular weight excluding hydrogens is 194 g/mol. The van der Waals surface area contributed by atoms with Gasteiger partial charge in [-0.15, -0.1) is 0 Å². The monoisotopic (exact) mass is 205 g/mol. The number of oxazole rings is 1. The molecule has 0 radical (unpaired) electrons. The van der Waals surface area contributed by atoms with Crippen molar-refractivity contribution in [2.45, 2.75) is 12.1 Å². The molecule has 0 atom stereocenters. The van der Waals surface area contributed by atoms with Crippen LogP contribution in [0.25, 0.3) is 11.3 Å². The molecule has 0 unspecified atom stereocenters. The highest BCUT2D eigenvalue weighted by Crippen LogP contribution is 2.26. The highest BCUT2D eigenvalue weighted by molar-refractivity contribution is 7.98. The van der Waals surface area contributed by atoms with Gasteiger partial charge in [0.15, 0.2) is 0 Å². The molecule has 0 fully saturated rings. The molecule has 2 nitrogen and oxygen atoms in total. The summed E-state index contributed by atoms with van der Waals surface area (Å²) in [6.45, 7) is 1.94. The van der Waals surface area contributed by atoms with E-state index in [1.807, 2.05) is 43.5 Å². The van der Waals surface area contributed by atoms with Crippen molar-refractivity contribution in [2.24, 2.45) is 0 Å². The molecule has 0 amide bonds. The van der Waals surface area contributed by atoms with Crippen molar-refractivity contribution in [2.75, 3.05) is 6.26 Å². The molecule has 0 aliphatic carbocycles. The number of thioether (sulfide) groups is 1. The van der Waals surface area contributed by atoms with Crippen molar-refractivity contribution in [1.82, 2.24) is 4.98 Å². The Labute approximate surface area is 87.4 Å². The van der Waals surface area contributed by atoms with Gasteiger partial charge >= 0.3 is 0 Å². The second kappa shape index (κ2) is 3.88. The van der Waals surface area contributed by atoms with Crippen LogP contribution in [0.3, 0.4) is 0 Å². The molecule has 0 N–H and O–H groups in total. The molecule has 72 valence electrons. The van der Waals surface area contributed by atoms with E-state index in [0.717, 1.165) is 22.2 Å². The molecule has 0 saturated heterocycles. The molecule has 1 aromatic heterocycles. The molecule has 0 aliphatic rings. The van der Waals surface area contributed by atoms with Crippen LogP contribution in [0.15, 0.2) is 40.0 Å². The highest BCUT2D eigenvalue weighted by Gasteiger charge is 2.09. The third-order valence-corrected chi connectivity index (χ3v) is 2.52. The Kier molecular flexibility index (Phi) is 2.59. The molecule has 0 bridgehead atoms. The second-order valence-electron chi connectivity index (χ2n) is 2.95. The first-order chi connectivity index (χ1) is 6.81. The Morgan fingerprint density at radius 3 is 2.50 bits per heavy atom. The Bertz CT molecular complexity index is 422. The lowest BCUT2D eigenvalue weighted by atomic mass is 10.1. The fraction of sp³-hybridized carbons (Fsp3) is 0.182. The Morgan fingerprint density at radius 2 is 1.93 bits per heavy atom. The normalized spacial score (nSPS) is 10.4. The molecule has 0 spiro atoms. The van der Waals surface area contributed by atoms with Gasteiger partial charge in [0.25, 0.3) is 5.22 Å². The highest BCUT2D eigenvalue weighted by atomic mass is 32.2. The summed E-state index contributed by atoms with van der Waals surface area (Å²) < 4.78 is 5.47. The maximum atomic E-state index is 5.47. The average molecular weight is 205 g/mol. The first-order valence-electron chi connectivity index (χ1n) is 4.38. The molecule has 0 aliphatic heterocycles. The summed E-state index contributed by atoms with van der Waals surface area (Å²) in [5, 5.41) is 0.723. The zero-order chi connectivity index (χ0) is 9.97. The predicted molar refractivity (Wildman–Crippen MR) is 58.5 cm³/mol. The molecule has 3 heteroatoms.